The molecule has 5 nitrogen and oxygen atoms in total. The number of hydrogen-bond acceptors (Lipinski definition) is 4. The van der Waals surface area contributed by atoms with Gasteiger partial charge in [0.05, 0.1) is 12.3 Å². The maximum Gasteiger partial charge on any atom is 0.244 e. The molecule has 0 saturated heterocycles. The third kappa shape index (κ3) is 5.76. The second kappa shape index (κ2) is 9.35. The van der Waals surface area contributed by atoms with Crippen molar-refractivity contribution in [1.29, 1.82) is 0 Å². The Bertz CT molecular complexity index is 684. The number of nitrogens with one attached hydrogen (secondary N) is 1. The van der Waals surface area contributed by atoms with Crippen LogP contribution >= 0.6 is 0 Å². The largest absolute Gasteiger partial charge is 0.491 e. The molecule has 5 heteroatoms. The van der Waals surface area contributed by atoms with E-state index in [9.17, 15) is 4.79 Å². The predicted molar refractivity (Wildman–Crippen MR) is 96.4 cm³/mol. The molecule has 1 amide bonds. The lowest BCUT2D eigenvalue weighted by Gasteiger charge is -2.08. The highest BCUT2D eigenvalue weighted by Crippen LogP contribution is 2.23. The first-order valence-corrected chi connectivity index (χ1v) is 8.06. The quantitative estimate of drug-likeness (QED) is 0.444. The molecule has 1 heterocycles. The number of amides is 1. The highest BCUT2D eigenvalue weighted by Gasteiger charge is 2.01. The number of benzene rings is 1. The van der Waals surface area contributed by atoms with Crippen molar-refractivity contribution in [3.8, 4) is 5.75 Å². The minimum absolute atomic E-state index is 0.159. The molecule has 2 aromatic rings. The molecule has 0 unspecified atom stereocenters. The first-order chi connectivity index (χ1) is 11.7. The standard InChI is InChI=1S/C19H23N3O2/c1-2-3-12-24-18-6-4-15(13-17(18)20)5-7-19(23)22-14-16-8-10-21-11-9-16/h4-11,13H,2-3,12,14,20H2,1H3,(H,22,23)/b7-5-. The van der Waals surface area contributed by atoms with Crippen LogP contribution in [0.4, 0.5) is 5.69 Å². The lowest BCUT2D eigenvalue weighted by Crippen LogP contribution is -2.20. The van der Waals surface area contributed by atoms with E-state index >= 15 is 0 Å². The Labute approximate surface area is 142 Å². The van der Waals surface area contributed by atoms with Crippen LogP contribution in [0.3, 0.4) is 0 Å². The molecule has 24 heavy (non-hydrogen) atoms. The summed E-state index contributed by atoms with van der Waals surface area (Å²) < 4.78 is 5.61. The molecule has 0 bridgehead atoms. The molecule has 1 aromatic heterocycles. The van der Waals surface area contributed by atoms with Crippen molar-refractivity contribution in [2.45, 2.75) is 26.3 Å². The summed E-state index contributed by atoms with van der Waals surface area (Å²) in [7, 11) is 0. The maximum absolute atomic E-state index is 11.8. The van der Waals surface area contributed by atoms with Crippen LogP contribution in [-0.4, -0.2) is 17.5 Å². The summed E-state index contributed by atoms with van der Waals surface area (Å²) in [5.74, 6) is 0.524. The molecule has 0 aliphatic rings. The van der Waals surface area contributed by atoms with Gasteiger partial charge in [-0.15, -0.1) is 0 Å². The summed E-state index contributed by atoms with van der Waals surface area (Å²) in [5, 5.41) is 2.82. The van der Waals surface area contributed by atoms with Gasteiger partial charge in [0.2, 0.25) is 5.91 Å². The lowest BCUT2D eigenvalue weighted by molar-refractivity contribution is -0.116. The smallest absolute Gasteiger partial charge is 0.244 e. The molecule has 126 valence electrons. The fourth-order valence-corrected chi connectivity index (χ4v) is 2.05. The Balaban J connectivity index is 1.86. The van der Waals surface area contributed by atoms with Gasteiger partial charge < -0.3 is 15.8 Å². The third-order valence-corrected chi connectivity index (χ3v) is 3.43. The molecular weight excluding hydrogens is 302 g/mol. The van der Waals surface area contributed by atoms with E-state index in [0.29, 0.717) is 24.6 Å². The number of nitrogens with two attached hydrogens (primary N) is 1. The van der Waals surface area contributed by atoms with Crippen LogP contribution in [0, 0.1) is 0 Å². The fourth-order valence-electron chi connectivity index (χ4n) is 2.05. The molecule has 0 spiro atoms. The summed E-state index contributed by atoms with van der Waals surface area (Å²) in [6.45, 7) is 3.24. The highest BCUT2D eigenvalue weighted by molar-refractivity contribution is 5.91. The van der Waals surface area contributed by atoms with Crippen molar-refractivity contribution in [3.05, 3.63) is 59.9 Å². The van der Waals surface area contributed by atoms with E-state index < -0.39 is 0 Å². The number of carbonyl (C=O) groups is 1. The van der Waals surface area contributed by atoms with Crippen LogP contribution in [0.2, 0.25) is 0 Å². The van der Waals surface area contributed by atoms with Crippen LogP contribution in [0.15, 0.2) is 48.8 Å². The highest BCUT2D eigenvalue weighted by atomic mass is 16.5. The van der Waals surface area contributed by atoms with Gasteiger partial charge in [0.1, 0.15) is 5.75 Å². The van der Waals surface area contributed by atoms with E-state index in [2.05, 4.69) is 17.2 Å². The minimum atomic E-state index is -0.159. The zero-order chi connectivity index (χ0) is 17.2. The number of aromatic nitrogens is 1. The maximum atomic E-state index is 11.8. The Morgan fingerprint density at radius 3 is 2.79 bits per heavy atom. The molecule has 0 atom stereocenters. The number of rotatable bonds is 8. The average Bonchev–Trinajstić information content (AvgIpc) is 2.61. The number of ether oxygens (including phenoxy) is 1. The molecule has 0 saturated carbocycles. The van der Waals surface area contributed by atoms with Gasteiger partial charge in [0.25, 0.3) is 0 Å². The molecule has 0 aliphatic carbocycles. The molecule has 0 fully saturated rings. The summed E-state index contributed by atoms with van der Waals surface area (Å²) in [6.07, 6.45) is 8.70. The van der Waals surface area contributed by atoms with Gasteiger partial charge in [-0.05, 0) is 47.9 Å². The van der Waals surface area contributed by atoms with Crippen molar-refractivity contribution in [1.82, 2.24) is 10.3 Å². The number of pyridine rings is 1. The van der Waals surface area contributed by atoms with Gasteiger partial charge in [0, 0.05) is 25.0 Å². The SMILES string of the molecule is CCCCOc1ccc(/C=C\C(=O)NCc2ccncc2)cc1N. The third-order valence-electron chi connectivity index (χ3n) is 3.43. The minimum Gasteiger partial charge on any atom is -0.491 e. The van der Waals surface area contributed by atoms with E-state index in [0.717, 1.165) is 24.0 Å². The summed E-state index contributed by atoms with van der Waals surface area (Å²) >= 11 is 0. The van der Waals surface area contributed by atoms with Crippen molar-refractivity contribution in [2.75, 3.05) is 12.3 Å². The lowest BCUT2D eigenvalue weighted by atomic mass is 10.1. The number of carbonyl (C=O) groups excluding carboxylic acids is 1. The molecule has 1 aromatic carbocycles. The number of unbranched alkanes of at least 4 members (excludes halogenated alkanes) is 1. The Morgan fingerprint density at radius 2 is 2.08 bits per heavy atom. The zero-order valence-electron chi connectivity index (χ0n) is 13.9. The summed E-state index contributed by atoms with van der Waals surface area (Å²) in [5.41, 5.74) is 8.41. The van der Waals surface area contributed by atoms with E-state index in [1.54, 1.807) is 24.5 Å². The molecular formula is C19H23N3O2. The monoisotopic (exact) mass is 325 g/mol. The summed E-state index contributed by atoms with van der Waals surface area (Å²) in [6, 6.07) is 9.24. The van der Waals surface area contributed by atoms with Gasteiger partial charge in [-0.2, -0.15) is 0 Å². The van der Waals surface area contributed by atoms with Crippen molar-refractivity contribution in [3.63, 3.8) is 0 Å². The predicted octanol–water partition coefficient (Wildman–Crippen LogP) is 3.17. The van der Waals surface area contributed by atoms with E-state index in [-0.39, 0.29) is 5.91 Å². The van der Waals surface area contributed by atoms with Crippen LogP contribution < -0.4 is 15.8 Å². The van der Waals surface area contributed by atoms with Gasteiger partial charge >= 0.3 is 0 Å². The molecule has 2 rings (SSSR count). The fraction of sp³-hybridized carbons (Fsp3) is 0.263. The second-order valence-electron chi connectivity index (χ2n) is 5.41. The van der Waals surface area contributed by atoms with Crippen LogP contribution in [0.25, 0.3) is 6.08 Å². The van der Waals surface area contributed by atoms with Gasteiger partial charge in [-0.25, -0.2) is 0 Å². The molecule has 3 N–H and O–H groups in total. The van der Waals surface area contributed by atoms with Crippen LogP contribution in [0.5, 0.6) is 5.75 Å². The molecule has 0 aliphatic heterocycles. The number of hydrogen-bond donors (Lipinski definition) is 2. The topological polar surface area (TPSA) is 77.2 Å². The number of nitrogen functional groups attached to an aromatic ring is 1. The average molecular weight is 325 g/mol. The van der Waals surface area contributed by atoms with E-state index in [1.165, 1.54) is 6.08 Å². The van der Waals surface area contributed by atoms with Crippen molar-refractivity contribution in [2.24, 2.45) is 0 Å². The second-order valence-corrected chi connectivity index (χ2v) is 5.41. The van der Waals surface area contributed by atoms with Gasteiger partial charge in [-0.3, -0.25) is 9.78 Å². The van der Waals surface area contributed by atoms with Crippen molar-refractivity contribution >= 4 is 17.7 Å². The summed E-state index contributed by atoms with van der Waals surface area (Å²) in [4.78, 5) is 15.8. The first kappa shape index (κ1) is 17.5. The number of anilines is 1. The zero-order valence-corrected chi connectivity index (χ0v) is 13.9. The van der Waals surface area contributed by atoms with Crippen molar-refractivity contribution < 1.29 is 9.53 Å². The van der Waals surface area contributed by atoms with Crippen LogP contribution in [0.1, 0.15) is 30.9 Å². The Kier molecular flexibility index (Phi) is 6.83. The van der Waals surface area contributed by atoms with Crippen LogP contribution in [-0.2, 0) is 11.3 Å². The normalized spacial score (nSPS) is 10.7. The first-order valence-electron chi connectivity index (χ1n) is 8.06. The van der Waals surface area contributed by atoms with Gasteiger partial charge in [0.15, 0.2) is 0 Å². The Morgan fingerprint density at radius 1 is 1.29 bits per heavy atom. The van der Waals surface area contributed by atoms with E-state index in [1.807, 2.05) is 24.3 Å². The molecule has 0 radical (unpaired) electrons. The number of nitrogens with zero attached hydrogens (tertiary/aromatic N) is 1. The van der Waals surface area contributed by atoms with Gasteiger partial charge in [-0.1, -0.05) is 19.4 Å². The Hall–Kier alpha value is -2.82. The van der Waals surface area contributed by atoms with E-state index in [4.69, 9.17) is 10.5 Å².